The highest BCUT2D eigenvalue weighted by Gasteiger charge is 2.06. The number of rotatable bonds is 3. The summed E-state index contributed by atoms with van der Waals surface area (Å²) in [4.78, 5) is 0. The molecule has 0 fully saturated rings. The van der Waals surface area contributed by atoms with Gasteiger partial charge < -0.3 is 5.11 Å². The zero-order valence-corrected chi connectivity index (χ0v) is 8.27. The van der Waals surface area contributed by atoms with Crippen molar-refractivity contribution in [1.82, 2.24) is 0 Å². The first-order valence-electron chi connectivity index (χ1n) is 4.10. The van der Waals surface area contributed by atoms with Crippen molar-refractivity contribution in [2.24, 2.45) is 0 Å². The molecule has 0 saturated heterocycles. The molecule has 1 aromatic carbocycles. The van der Waals surface area contributed by atoms with Gasteiger partial charge in [0.1, 0.15) is 5.82 Å². The Bertz CT molecular complexity index is 350. The van der Waals surface area contributed by atoms with Crippen LogP contribution >= 0.6 is 12.6 Å². The Labute approximate surface area is 86.5 Å². The Hall–Kier alpha value is -1.03. The lowest BCUT2D eigenvalue weighted by Gasteiger charge is -2.00. The molecule has 1 nitrogen and oxygen atoms in total. The van der Waals surface area contributed by atoms with Crippen LogP contribution in [0, 0.1) is 11.6 Å². The van der Waals surface area contributed by atoms with Crippen LogP contribution in [0.3, 0.4) is 0 Å². The van der Waals surface area contributed by atoms with Crippen LogP contribution in [0.5, 0.6) is 5.75 Å². The van der Waals surface area contributed by atoms with Gasteiger partial charge >= 0.3 is 0 Å². The molecular formula is C10H10F2OS. The lowest BCUT2D eigenvalue weighted by atomic mass is 10.1. The molecule has 14 heavy (non-hydrogen) atoms. The minimum Gasteiger partial charge on any atom is -0.504 e. The van der Waals surface area contributed by atoms with Gasteiger partial charge in [0.2, 0.25) is 0 Å². The maximum absolute atomic E-state index is 12.8. The van der Waals surface area contributed by atoms with E-state index in [2.05, 4.69) is 12.6 Å². The maximum atomic E-state index is 12.8. The van der Waals surface area contributed by atoms with E-state index in [0.717, 1.165) is 6.07 Å². The second kappa shape index (κ2) is 5.00. The Morgan fingerprint density at radius 3 is 2.71 bits per heavy atom. The van der Waals surface area contributed by atoms with Crippen molar-refractivity contribution >= 4 is 18.7 Å². The molecule has 1 rings (SSSR count). The van der Waals surface area contributed by atoms with E-state index >= 15 is 0 Å². The van der Waals surface area contributed by atoms with Crippen LogP contribution in [0.15, 0.2) is 18.2 Å². The van der Waals surface area contributed by atoms with Gasteiger partial charge in [-0.15, -0.1) is 0 Å². The molecule has 0 bridgehead atoms. The van der Waals surface area contributed by atoms with Gasteiger partial charge in [0.25, 0.3) is 0 Å². The minimum atomic E-state index is -0.949. The molecular weight excluding hydrogens is 206 g/mol. The summed E-state index contributed by atoms with van der Waals surface area (Å²) in [5, 5.41) is 9.21. The molecule has 0 unspecified atom stereocenters. The van der Waals surface area contributed by atoms with E-state index in [9.17, 15) is 13.9 Å². The summed E-state index contributed by atoms with van der Waals surface area (Å²) in [7, 11) is 0. The van der Waals surface area contributed by atoms with Crippen molar-refractivity contribution in [1.29, 1.82) is 0 Å². The molecule has 0 radical (unpaired) electrons. The SMILES string of the molecule is Oc1c(F)cc(F)cc1C=CCCS. The van der Waals surface area contributed by atoms with E-state index in [1.54, 1.807) is 6.08 Å². The Balaban J connectivity index is 2.96. The Kier molecular flexibility index (Phi) is 3.95. The fourth-order valence-electron chi connectivity index (χ4n) is 0.998. The number of halogens is 2. The number of phenolic OH excluding ortho intramolecular Hbond substituents is 1. The second-order valence-corrected chi connectivity index (χ2v) is 3.19. The zero-order valence-electron chi connectivity index (χ0n) is 7.37. The van der Waals surface area contributed by atoms with Gasteiger partial charge in [0, 0.05) is 11.6 Å². The van der Waals surface area contributed by atoms with Gasteiger partial charge in [-0.2, -0.15) is 12.6 Å². The van der Waals surface area contributed by atoms with E-state index in [1.165, 1.54) is 6.08 Å². The van der Waals surface area contributed by atoms with Gasteiger partial charge in [0.15, 0.2) is 11.6 Å². The molecule has 0 aromatic heterocycles. The molecule has 0 amide bonds. The van der Waals surface area contributed by atoms with Crippen molar-refractivity contribution in [2.75, 3.05) is 5.75 Å². The predicted molar refractivity (Wildman–Crippen MR) is 55.5 cm³/mol. The van der Waals surface area contributed by atoms with Crippen LogP contribution in [0.25, 0.3) is 6.08 Å². The highest BCUT2D eigenvalue weighted by atomic mass is 32.1. The van der Waals surface area contributed by atoms with E-state index in [0.29, 0.717) is 18.2 Å². The smallest absolute Gasteiger partial charge is 0.168 e. The molecule has 0 spiro atoms. The van der Waals surface area contributed by atoms with E-state index in [-0.39, 0.29) is 5.56 Å². The molecule has 0 aliphatic carbocycles. The number of benzene rings is 1. The zero-order chi connectivity index (χ0) is 10.6. The van der Waals surface area contributed by atoms with E-state index in [4.69, 9.17) is 0 Å². The second-order valence-electron chi connectivity index (χ2n) is 2.74. The summed E-state index contributed by atoms with van der Waals surface area (Å²) in [6.07, 6.45) is 3.85. The predicted octanol–water partition coefficient (Wildman–Crippen LogP) is 3.00. The molecule has 4 heteroatoms. The van der Waals surface area contributed by atoms with Crippen molar-refractivity contribution in [3.05, 3.63) is 35.4 Å². The van der Waals surface area contributed by atoms with E-state index in [1.807, 2.05) is 0 Å². The van der Waals surface area contributed by atoms with Gasteiger partial charge in [-0.3, -0.25) is 0 Å². The number of hydrogen-bond donors (Lipinski definition) is 2. The molecule has 0 atom stereocenters. The average Bonchev–Trinajstić information content (AvgIpc) is 2.13. The molecule has 76 valence electrons. The van der Waals surface area contributed by atoms with Crippen LogP contribution in [0.2, 0.25) is 0 Å². The third kappa shape index (κ3) is 2.73. The van der Waals surface area contributed by atoms with Gasteiger partial charge in [-0.1, -0.05) is 12.2 Å². The molecule has 0 heterocycles. The lowest BCUT2D eigenvalue weighted by molar-refractivity contribution is 0.426. The first-order chi connectivity index (χ1) is 6.65. The molecule has 1 aromatic rings. The Morgan fingerprint density at radius 2 is 2.07 bits per heavy atom. The van der Waals surface area contributed by atoms with Crippen LogP contribution in [-0.2, 0) is 0 Å². The number of allylic oxidation sites excluding steroid dienone is 1. The van der Waals surface area contributed by atoms with Crippen molar-refractivity contribution in [2.45, 2.75) is 6.42 Å². The number of aromatic hydroxyl groups is 1. The summed E-state index contributed by atoms with van der Waals surface area (Å²) < 4.78 is 25.5. The van der Waals surface area contributed by atoms with E-state index < -0.39 is 17.4 Å². The summed E-state index contributed by atoms with van der Waals surface area (Å²) in [6.45, 7) is 0. The summed E-state index contributed by atoms with van der Waals surface area (Å²) in [5.41, 5.74) is 0.143. The Morgan fingerprint density at radius 1 is 1.36 bits per heavy atom. The fourth-order valence-corrected chi connectivity index (χ4v) is 1.15. The number of hydrogen-bond acceptors (Lipinski definition) is 2. The first kappa shape index (κ1) is 11.0. The van der Waals surface area contributed by atoms with Gasteiger partial charge in [0.05, 0.1) is 0 Å². The number of phenols is 1. The summed E-state index contributed by atoms with van der Waals surface area (Å²) >= 11 is 3.97. The van der Waals surface area contributed by atoms with Gasteiger partial charge in [-0.05, 0) is 18.2 Å². The average molecular weight is 216 g/mol. The number of thiol groups is 1. The van der Waals surface area contributed by atoms with Crippen LogP contribution in [-0.4, -0.2) is 10.9 Å². The molecule has 0 aliphatic heterocycles. The third-order valence-corrected chi connectivity index (χ3v) is 1.91. The minimum absolute atomic E-state index is 0.143. The highest BCUT2D eigenvalue weighted by molar-refractivity contribution is 7.80. The standard InChI is InChI=1S/C10H10F2OS/c11-8-5-7(3-1-2-4-14)10(13)9(12)6-8/h1,3,5-6,13-14H,2,4H2. The van der Waals surface area contributed by atoms with Gasteiger partial charge in [-0.25, -0.2) is 8.78 Å². The van der Waals surface area contributed by atoms with Crippen LogP contribution < -0.4 is 0 Å². The highest BCUT2D eigenvalue weighted by Crippen LogP contribution is 2.23. The quantitative estimate of drug-likeness (QED) is 0.744. The van der Waals surface area contributed by atoms with Crippen molar-refractivity contribution in [3.8, 4) is 5.75 Å². The molecule has 0 aliphatic rings. The van der Waals surface area contributed by atoms with Crippen LogP contribution in [0.1, 0.15) is 12.0 Å². The molecule has 1 N–H and O–H groups in total. The van der Waals surface area contributed by atoms with Crippen LogP contribution in [0.4, 0.5) is 8.78 Å². The maximum Gasteiger partial charge on any atom is 0.168 e. The fraction of sp³-hybridized carbons (Fsp3) is 0.200. The normalized spacial score (nSPS) is 11.1. The van der Waals surface area contributed by atoms with Crippen molar-refractivity contribution < 1.29 is 13.9 Å². The summed E-state index contributed by atoms with van der Waals surface area (Å²) in [6, 6.07) is 1.72. The third-order valence-electron chi connectivity index (χ3n) is 1.65. The lowest BCUT2D eigenvalue weighted by Crippen LogP contribution is -1.84. The topological polar surface area (TPSA) is 20.2 Å². The molecule has 0 saturated carbocycles. The monoisotopic (exact) mass is 216 g/mol. The largest absolute Gasteiger partial charge is 0.504 e. The first-order valence-corrected chi connectivity index (χ1v) is 4.74. The summed E-state index contributed by atoms with van der Waals surface area (Å²) in [5.74, 6) is -1.53. The van der Waals surface area contributed by atoms with Crippen molar-refractivity contribution in [3.63, 3.8) is 0 Å².